The van der Waals surface area contributed by atoms with Gasteiger partial charge in [-0.05, 0) is 55.0 Å². The predicted octanol–water partition coefficient (Wildman–Crippen LogP) is 4.38. The van der Waals surface area contributed by atoms with Crippen molar-refractivity contribution in [2.45, 2.75) is 25.7 Å². The lowest BCUT2D eigenvalue weighted by molar-refractivity contribution is -0.115. The van der Waals surface area contributed by atoms with Gasteiger partial charge in [0.2, 0.25) is 5.91 Å². The van der Waals surface area contributed by atoms with Gasteiger partial charge in [0.25, 0.3) is 0 Å². The SMILES string of the molecule is O=C(Cc1cccs1)Nc1ccc(-c2ccc(N3CCCCC3)nn2)cc1. The summed E-state index contributed by atoms with van der Waals surface area (Å²) >= 11 is 1.59. The summed E-state index contributed by atoms with van der Waals surface area (Å²) in [5, 5.41) is 13.7. The van der Waals surface area contributed by atoms with Crippen LogP contribution in [0.3, 0.4) is 0 Å². The average Bonchev–Trinajstić information content (AvgIpc) is 3.22. The Bertz CT molecular complexity index is 870. The van der Waals surface area contributed by atoms with Crippen molar-refractivity contribution >= 4 is 28.7 Å². The number of nitrogens with one attached hydrogen (secondary N) is 1. The fourth-order valence-corrected chi connectivity index (χ4v) is 3.98. The van der Waals surface area contributed by atoms with Gasteiger partial charge in [-0.1, -0.05) is 18.2 Å². The fourth-order valence-electron chi connectivity index (χ4n) is 3.27. The number of hydrogen-bond donors (Lipinski definition) is 1. The number of aromatic nitrogens is 2. The minimum atomic E-state index is -0.00382. The Kier molecular flexibility index (Phi) is 5.44. The van der Waals surface area contributed by atoms with Crippen LogP contribution in [0.5, 0.6) is 0 Å². The summed E-state index contributed by atoms with van der Waals surface area (Å²) in [4.78, 5) is 15.5. The van der Waals surface area contributed by atoms with Crippen molar-refractivity contribution in [1.82, 2.24) is 10.2 Å². The Labute approximate surface area is 163 Å². The quantitative estimate of drug-likeness (QED) is 0.716. The first-order valence-corrected chi connectivity index (χ1v) is 10.2. The van der Waals surface area contributed by atoms with Crippen molar-refractivity contribution in [3.63, 3.8) is 0 Å². The van der Waals surface area contributed by atoms with Crippen molar-refractivity contribution in [2.75, 3.05) is 23.3 Å². The van der Waals surface area contributed by atoms with Gasteiger partial charge >= 0.3 is 0 Å². The number of rotatable bonds is 5. The second-order valence-corrected chi connectivity index (χ2v) is 7.74. The van der Waals surface area contributed by atoms with Crippen LogP contribution >= 0.6 is 11.3 Å². The molecule has 1 N–H and O–H groups in total. The molecule has 2 aromatic heterocycles. The zero-order valence-corrected chi connectivity index (χ0v) is 15.9. The van der Waals surface area contributed by atoms with E-state index in [1.807, 2.05) is 53.9 Å². The molecule has 1 aromatic carbocycles. The number of carbonyl (C=O) groups is 1. The number of nitrogens with zero attached hydrogens (tertiary/aromatic N) is 3. The summed E-state index contributed by atoms with van der Waals surface area (Å²) in [5.41, 5.74) is 2.62. The molecular formula is C21H22N4OS. The highest BCUT2D eigenvalue weighted by Gasteiger charge is 2.13. The van der Waals surface area contributed by atoms with Gasteiger partial charge in [-0.15, -0.1) is 21.5 Å². The van der Waals surface area contributed by atoms with E-state index in [9.17, 15) is 4.79 Å². The largest absolute Gasteiger partial charge is 0.355 e. The lowest BCUT2D eigenvalue weighted by Crippen LogP contribution is -2.30. The first-order valence-electron chi connectivity index (χ1n) is 9.29. The molecule has 1 saturated heterocycles. The molecule has 0 aliphatic carbocycles. The molecule has 138 valence electrons. The van der Waals surface area contributed by atoms with Gasteiger partial charge in [0, 0.05) is 29.2 Å². The average molecular weight is 379 g/mol. The standard InChI is InChI=1S/C21H22N4OS/c26-21(15-18-5-4-14-27-18)22-17-8-6-16(7-9-17)19-10-11-20(24-23-19)25-12-2-1-3-13-25/h4-11,14H,1-3,12-13,15H2,(H,22,26). The molecule has 4 rings (SSSR count). The number of carbonyl (C=O) groups excluding carboxylic acids is 1. The summed E-state index contributed by atoms with van der Waals surface area (Å²) in [6.45, 7) is 2.13. The van der Waals surface area contributed by atoms with E-state index in [4.69, 9.17) is 0 Å². The van der Waals surface area contributed by atoms with E-state index in [1.54, 1.807) is 11.3 Å². The molecule has 6 heteroatoms. The van der Waals surface area contributed by atoms with E-state index in [0.29, 0.717) is 6.42 Å². The molecule has 0 spiro atoms. The zero-order chi connectivity index (χ0) is 18.5. The van der Waals surface area contributed by atoms with Gasteiger partial charge in [-0.25, -0.2) is 0 Å². The summed E-state index contributed by atoms with van der Waals surface area (Å²) in [6, 6.07) is 15.7. The first kappa shape index (κ1) is 17.7. The second kappa shape index (κ2) is 8.31. The van der Waals surface area contributed by atoms with E-state index in [0.717, 1.165) is 40.7 Å². The predicted molar refractivity (Wildman–Crippen MR) is 110 cm³/mol. The highest BCUT2D eigenvalue weighted by molar-refractivity contribution is 7.10. The molecule has 0 atom stereocenters. The van der Waals surface area contributed by atoms with E-state index in [1.165, 1.54) is 19.3 Å². The molecule has 1 aliphatic rings. The van der Waals surface area contributed by atoms with Crippen LogP contribution in [0.15, 0.2) is 53.9 Å². The van der Waals surface area contributed by atoms with Gasteiger partial charge in [-0.3, -0.25) is 4.79 Å². The molecule has 1 fully saturated rings. The fraction of sp³-hybridized carbons (Fsp3) is 0.286. The molecule has 0 saturated carbocycles. The highest BCUT2D eigenvalue weighted by Crippen LogP contribution is 2.22. The molecule has 3 heterocycles. The maximum Gasteiger partial charge on any atom is 0.229 e. The van der Waals surface area contributed by atoms with Crippen LogP contribution in [-0.4, -0.2) is 29.2 Å². The van der Waals surface area contributed by atoms with E-state index in [2.05, 4.69) is 20.4 Å². The summed E-state index contributed by atoms with van der Waals surface area (Å²) in [7, 11) is 0. The normalized spacial score (nSPS) is 14.1. The van der Waals surface area contributed by atoms with Gasteiger partial charge in [0.15, 0.2) is 5.82 Å². The van der Waals surface area contributed by atoms with Crippen molar-refractivity contribution in [3.8, 4) is 11.3 Å². The summed E-state index contributed by atoms with van der Waals surface area (Å²) in [6.07, 6.45) is 4.16. The molecule has 0 radical (unpaired) electrons. The monoisotopic (exact) mass is 378 g/mol. The molecule has 0 bridgehead atoms. The highest BCUT2D eigenvalue weighted by atomic mass is 32.1. The topological polar surface area (TPSA) is 58.1 Å². The lowest BCUT2D eigenvalue weighted by atomic mass is 10.1. The first-order chi connectivity index (χ1) is 13.3. The van der Waals surface area contributed by atoms with E-state index < -0.39 is 0 Å². The minimum Gasteiger partial charge on any atom is -0.355 e. The maximum atomic E-state index is 12.1. The van der Waals surface area contributed by atoms with Crippen molar-refractivity contribution in [1.29, 1.82) is 0 Å². The third-order valence-electron chi connectivity index (χ3n) is 4.71. The van der Waals surface area contributed by atoms with Gasteiger partial charge in [0.05, 0.1) is 12.1 Å². The molecule has 3 aromatic rings. The number of anilines is 2. The van der Waals surface area contributed by atoms with Crippen LogP contribution in [0.4, 0.5) is 11.5 Å². The van der Waals surface area contributed by atoms with Crippen LogP contribution in [0.1, 0.15) is 24.1 Å². The Hall–Kier alpha value is -2.73. The molecule has 1 aliphatic heterocycles. The Morgan fingerprint density at radius 3 is 2.48 bits per heavy atom. The van der Waals surface area contributed by atoms with Crippen LogP contribution < -0.4 is 10.2 Å². The van der Waals surface area contributed by atoms with Crippen LogP contribution in [0, 0.1) is 0 Å². The van der Waals surface area contributed by atoms with Crippen molar-refractivity contribution < 1.29 is 4.79 Å². The van der Waals surface area contributed by atoms with Gasteiger partial charge in [0.1, 0.15) is 0 Å². The van der Waals surface area contributed by atoms with Gasteiger partial charge in [-0.2, -0.15) is 0 Å². The molecule has 0 unspecified atom stereocenters. The van der Waals surface area contributed by atoms with Crippen molar-refractivity contribution in [2.24, 2.45) is 0 Å². The van der Waals surface area contributed by atoms with E-state index >= 15 is 0 Å². The number of hydrogen-bond acceptors (Lipinski definition) is 5. The van der Waals surface area contributed by atoms with Crippen molar-refractivity contribution in [3.05, 3.63) is 58.8 Å². The number of benzene rings is 1. The third kappa shape index (κ3) is 4.52. The molecular weight excluding hydrogens is 356 g/mol. The summed E-state index contributed by atoms with van der Waals surface area (Å²) < 4.78 is 0. The number of amides is 1. The minimum absolute atomic E-state index is 0.00382. The Balaban J connectivity index is 1.38. The smallest absolute Gasteiger partial charge is 0.229 e. The third-order valence-corrected chi connectivity index (χ3v) is 5.59. The molecule has 5 nitrogen and oxygen atoms in total. The summed E-state index contributed by atoms with van der Waals surface area (Å²) in [5.74, 6) is 0.951. The van der Waals surface area contributed by atoms with Crippen LogP contribution in [0.2, 0.25) is 0 Å². The number of thiophene rings is 1. The van der Waals surface area contributed by atoms with Gasteiger partial charge < -0.3 is 10.2 Å². The zero-order valence-electron chi connectivity index (χ0n) is 15.1. The molecule has 1 amide bonds. The number of piperidine rings is 1. The van der Waals surface area contributed by atoms with Crippen LogP contribution in [0.25, 0.3) is 11.3 Å². The Morgan fingerprint density at radius 1 is 1.00 bits per heavy atom. The molecule has 27 heavy (non-hydrogen) atoms. The van der Waals surface area contributed by atoms with Crippen LogP contribution in [-0.2, 0) is 11.2 Å². The van der Waals surface area contributed by atoms with E-state index in [-0.39, 0.29) is 5.91 Å². The maximum absolute atomic E-state index is 12.1. The Morgan fingerprint density at radius 2 is 1.81 bits per heavy atom. The second-order valence-electron chi connectivity index (χ2n) is 6.71. The lowest BCUT2D eigenvalue weighted by Gasteiger charge is -2.27.